The van der Waals surface area contributed by atoms with Gasteiger partial charge >= 0.3 is 0 Å². The molecule has 0 saturated carbocycles. The molecule has 0 aliphatic rings. The van der Waals surface area contributed by atoms with Gasteiger partial charge in [0.2, 0.25) is 0 Å². The van der Waals surface area contributed by atoms with Crippen LogP contribution in [0.2, 0.25) is 0 Å². The Hall–Kier alpha value is -1.53. The molecule has 0 fully saturated rings. The van der Waals surface area contributed by atoms with E-state index < -0.39 is 35.4 Å². The number of carbonyl (C=O) groups is 1. The number of rotatable bonds is 5. The monoisotopic (exact) mass is 273 g/mol. The topological polar surface area (TPSA) is 47.6 Å². The van der Waals surface area contributed by atoms with Crippen molar-refractivity contribution in [1.82, 2.24) is 5.32 Å². The highest BCUT2D eigenvalue weighted by Gasteiger charge is 2.23. The molecule has 1 atom stereocenters. The Morgan fingerprint density at radius 1 is 1.26 bits per heavy atom. The fourth-order valence-corrected chi connectivity index (χ4v) is 1.72. The van der Waals surface area contributed by atoms with Gasteiger partial charge < -0.3 is 14.8 Å². The Morgan fingerprint density at radius 3 is 2.37 bits per heavy atom. The van der Waals surface area contributed by atoms with E-state index in [0.717, 1.165) is 6.07 Å². The third-order valence-electron chi connectivity index (χ3n) is 2.74. The molecule has 0 saturated heterocycles. The van der Waals surface area contributed by atoms with Crippen molar-refractivity contribution >= 4 is 5.91 Å². The molecule has 1 amide bonds. The van der Waals surface area contributed by atoms with E-state index in [-0.39, 0.29) is 5.56 Å². The predicted octanol–water partition coefficient (Wildman–Crippen LogP) is 2.01. The van der Waals surface area contributed by atoms with E-state index in [1.54, 1.807) is 6.92 Å². The first kappa shape index (κ1) is 15.5. The number of hydrogen-bond donors (Lipinski definition) is 1. The maximum atomic E-state index is 13.8. The minimum atomic E-state index is -0.904. The van der Waals surface area contributed by atoms with Crippen LogP contribution in [0.15, 0.2) is 12.1 Å². The molecular weight excluding hydrogens is 256 g/mol. The van der Waals surface area contributed by atoms with Crippen LogP contribution in [-0.2, 0) is 9.47 Å². The first-order valence-electron chi connectivity index (χ1n) is 5.73. The Balaban J connectivity index is 2.93. The quantitative estimate of drug-likeness (QED) is 0.835. The summed E-state index contributed by atoms with van der Waals surface area (Å²) in [5.41, 5.74) is -0.396. The maximum Gasteiger partial charge on any atom is 0.257 e. The highest BCUT2D eigenvalue weighted by Crippen LogP contribution is 2.16. The summed E-state index contributed by atoms with van der Waals surface area (Å²) in [6.07, 6.45) is -0.695. The number of amides is 1. The van der Waals surface area contributed by atoms with Crippen LogP contribution in [0.1, 0.15) is 22.8 Å². The van der Waals surface area contributed by atoms with E-state index in [1.807, 2.05) is 0 Å². The number of aryl methyl sites for hydroxylation is 1. The molecule has 106 valence electrons. The van der Waals surface area contributed by atoms with E-state index in [1.165, 1.54) is 27.2 Å². The summed E-state index contributed by atoms with van der Waals surface area (Å²) >= 11 is 0. The van der Waals surface area contributed by atoms with Gasteiger partial charge in [-0.2, -0.15) is 0 Å². The smallest absolute Gasteiger partial charge is 0.257 e. The molecule has 0 radical (unpaired) electrons. The molecule has 0 aliphatic carbocycles. The number of halogens is 2. The fourth-order valence-electron chi connectivity index (χ4n) is 1.72. The average Bonchev–Trinajstić information content (AvgIpc) is 2.36. The van der Waals surface area contributed by atoms with Crippen LogP contribution in [0.25, 0.3) is 0 Å². The Kier molecular flexibility index (Phi) is 5.38. The average molecular weight is 273 g/mol. The van der Waals surface area contributed by atoms with Gasteiger partial charge in [-0.1, -0.05) is 6.07 Å². The molecule has 0 bridgehead atoms. The number of hydrogen-bond acceptors (Lipinski definition) is 3. The second-order valence-corrected chi connectivity index (χ2v) is 4.16. The third kappa shape index (κ3) is 3.48. The van der Waals surface area contributed by atoms with Crippen molar-refractivity contribution in [1.29, 1.82) is 0 Å². The number of methoxy groups -OCH3 is 2. The lowest BCUT2D eigenvalue weighted by Crippen LogP contribution is -2.43. The number of nitrogens with one attached hydrogen (secondary N) is 1. The van der Waals surface area contributed by atoms with Gasteiger partial charge in [0.25, 0.3) is 5.91 Å². The second-order valence-electron chi connectivity index (χ2n) is 4.16. The molecule has 1 aromatic rings. The van der Waals surface area contributed by atoms with Crippen LogP contribution in [0.4, 0.5) is 8.78 Å². The molecule has 1 N–H and O–H groups in total. The van der Waals surface area contributed by atoms with E-state index in [0.29, 0.717) is 0 Å². The summed E-state index contributed by atoms with van der Waals surface area (Å²) < 4.78 is 37.2. The lowest BCUT2D eigenvalue weighted by molar-refractivity contribution is -0.117. The minimum Gasteiger partial charge on any atom is -0.354 e. The summed E-state index contributed by atoms with van der Waals surface area (Å²) in [6, 6.07) is 1.78. The largest absolute Gasteiger partial charge is 0.354 e. The zero-order valence-electron chi connectivity index (χ0n) is 11.3. The Labute approximate surface area is 110 Å². The highest BCUT2D eigenvalue weighted by atomic mass is 19.1. The summed E-state index contributed by atoms with van der Waals surface area (Å²) in [5, 5.41) is 2.44. The maximum absolute atomic E-state index is 13.8. The molecule has 6 heteroatoms. The van der Waals surface area contributed by atoms with Crippen LogP contribution < -0.4 is 5.32 Å². The highest BCUT2D eigenvalue weighted by molar-refractivity contribution is 5.95. The molecule has 0 aliphatic heterocycles. The molecule has 19 heavy (non-hydrogen) atoms. The van der Waals surface area contributed by atoms with Crippen molar-refractivity contribution in [3.63, 3.8) is 0 Å². The number of ether oxygens (including phenoxy) is 2. The Morgan fingerprint density at radius 2 is 1.84 bits per heavy atom. The molecule has 1 unspecified atom stereocenters. The lowest BCUT2D eigenvalue weighted by atomic mass is 10.1. The third-order valence-corrected chi connectivity index (χ3v) is 2.74. The zero-order chi connectivity index (χ0) is 14.6. The first-order chi connectivity index (χ1) is 8.92. The number of carbonyl (C=O) groups excluding carboxylic acids is 1. The molecule has 4 nitrogen and oxygen atoms in total. The summed E-state index contributed by atoms with van der Waals surface area (Å²) in [6.45, 7) is 3.07. The number of benzene rings is 1. The van der Waals surface area contributed by atoms with Crippen molar-refractivity contribution in [2.75, 3.05) is 14.2 Å². The van der Waals surface area contributed by atoms with Gasteiger partial charge in [0.15, 0.2) is 6.29 Å². The first-order valence-corrected chi connectivity index (χ1v) is 5.73. The van der Waals surface area contributed by atoms with Gasteiger partial charge in [-0.25, -0.2) is 8.78 Å². The summed E-state index contributed by atoms with van der Waals surface area (Å²) in [7, 11) is 2.81. The van der Waals surface area contributed by atoms with Crippen LogP contribution in [0, 0.1) is 18.6 Å². The predicted molar refractivity (Wildman–Crippen MR) is 65.8 cm³/mol. The molecule has 1 rings (SSSR count). The van der Waals surface area contributed by atoms with Crippen molar-refractivity contribution in [2.45, 2.75) is 26.2 Å². The lowest BCUT2D eigenvalue weighted by Gasteiger charge is -2.22. The fraction of sp³-hybridized carbons (Fsp3) is 0.462. The van der Waals surface area contributed by atoms with Crippen LogP contribution >= 0.6 is 0 Å². The van der Waals surface area contributed by atoms with Crippen LogP contribution in [0.3, 0.4) is 0 Å². The van der Waals surface area contributed by atoms with Gasteiger partial charge in [-0.05, 0) is 25.5 Å². The SMILES string of the molecule is COC(OC)C(C)NC(=O)c1c(F)ccc(C)c1F. The standard InChI is InChI=1S/C13H17F2NO3/c1-7-5-6-9(14)10(11(7)15)12(17)16-8(2)13(18-3)19-4/h5-6,8,13H,1-4H3,(H,16,17). The van der Waals surface area contributed by atoms with E-state index in [9.17, 15) is 13.6 Å². The summed E-state index contributed by atoms with van der Waals surface area (Å²) in [4.78, 5) is 11.9. The van der Waals surface area contributed by atoms with Gasteiger partial charge in [0.1, 0.15) is 17.2 Å². The van der Waals surface area contributed by atoms with Crippen molar-refractivity contribution < 1.29 is 23.0 Å². The molecule has 0 spiro atoms. The second kappa shape index (κ2) is 6.58. The van der Waals surface area contributed by atoms with Crippen LogP contribution in [0.5, 0.6) is 0 Å². The van der Waals surface area contributed by atoms with Crippen molar-refractivity contribution in [3.05, 3.63) is 34.9 Å². The van der Waals surface area contributed by atoms with Gasteiger partial charge in [-0.15, -0.1) is 0 Å². The van der Waals surface area contributed by atoms with Gasteiger partial charge in [0.05, 0.1) is 6.04 Å². The Bertz CT molecular complexity index is 461. The van der Waals surface area contributed by atoms with Crippen molar-refractivity contribution in [2.24, 2.45) is 0 Å². The molecular formula is C13H17F2NO3. The van der Waals surface area contributed by atoms with Crippen LogP contribution in [-0.4, -0.2) is 32.5 Å². The molecule has 0 heterocycles. The van der Waals surface area contributed by atoms with Crippen molar-refractivity contribution in [3.8, 4) is 0 Å². The normalized spacial score (nSPS) is 12.6. The minimum absolute atomic E-state index is 0.203. The van der Waals surface area contributed by atoms with E-state index in [4.69, 9.17) is 9.47 Å². The summed E-state index contributed by atoms with van der Waals surface area (Å²) in [5.74, 6) is -2.61. The zero-order valence-corrected chi connectivity index (χ0v) is 11.3. The van der Waals surface area contributed by atoms with Gasteiger partial charge in [0, 0.05) is 14.2 Å². The molecule has 0 aromatic heterocycles. The van der Waals surface area contributed by atoms with Gasteiger partial charge in [-0.3, -0.25) is 4.79 Å². The van der Waals surface area contributed by atoms with E-state index in [2.05, 4.69) is 5.32 Å². The molecule has 1 aromatic carbocycles. The van der Waals surface area contributed by atoms with E-state index >= 15 is 0 Å².